The molecule has 0 aromatic heterocycles. The summed E-state index contributed by atoms with van der Waals surface area (Å²) in [6.45, 7) is 4.88. The number of carbonyl (C=O) groups excluding carboxylic acids is 2. The van der Waals surface area contributed by atoms with E-state index in [4.69, 9.17) is 14.9 Å². The molecule has 1 amide bonds. The second-order valence-corrected chi connectivity index (χ2v) is 10.1. The van der Waals surface area contributed by atoms with Crippen LogP contribution in [0.1, 0.15) is 43.0 Å². The van der Waals surface area contributed by atoms with Crippen molar-refractivity contribution in [2.24, 2.45) is 11.3 Å². The van der Waals surface area contributed by atoms with E-state index in [1.165, 1.54) is 0 Å². The number of nitrogens with one attached hydrogen (secondary N) is 1. The summed E-state index contributed by atoms with van der Waals surface area (Å²) in [5.74, 6) is -2.00. The number of carbonyl (C=O) groups is 2. The van der Waals surface area contributed by atoms with E-state index in [0.29, 0.717) is 43.1 Å². The molecule has 3 aliphatic rings. The first kappa shape index (κ1) is 25.3. The first-order chi connectivity index (χ1) is 16.7. The molecular formula is C26H33F2N3O4. The van der Waals surface area contributed by atoms with E-state index in [9.17, 15) is 18.4 Å². The highest BCUT2D eigenvalue weighted by atomic mass is 19.3. The van der Waals surface area contributed by atoms with Gasteiger partial charge in [-0.3, -0.25) is 9.59 Å². The minimum absolute atomic E-state index is 0.0659. The summed E-state index contributed by atoms with van der Waals surface area (Å²) in [5, 5.41) is 7.51. The summed E-state index contributed by atoms with van der Waals surface area (Å²) in [7, 11) is 2.04. The molecule has 1 N–H and O–H groups in total. The predicted octanol–water partition coefficient (Wildman–Crippen LogP) is 3.82. The lowest BCUT2D eigenvalue weighted by atomic mass is 9.72. The molecule has 1 unspecified atom stereocenters. The fourth-order valence-corrected chi connectivity index (χ4v) is 5.63. The van der Waals surface area contributed by atoms with Gasteiger partial charge in [-0.2, -0.15) is 0 Å². The fourth-order valence-electron chi connectivity index (χ4n) is 5.63. The Bertz CT molecular complexity index is 996. The molecule has 2 heterocycles. The molecule has 1 aliphatic carbocycles. The van der Waals surface area contributed by atoms with Gasteiger partial charge in [-0.25, -0.2) is 8.78 Å². The van der Waals surface area contributed by atoms with Crippen LogP contribution in [0.3, 0.4) is 0 Å². The zero-order valence-corrected chi connectivity index (χ0v) is 20.3. The van der Waals surface area contributed by atoms with Crippen LogP contribution in [0.4, 0.5) is 8.78 Å². The van der Waals surface area contributed by atoms with Crippen LogP contribution in [0.2, 0.25) is 0 Å². The summed E-state index contributed by atoms with van der Waals surface area (Å²) in [6.07, 6.45) is 3.10. The van der Waals surface area contributed by atoms with Crippen LogP contribution in [0, 0.1) is 16.7 Å². The maximum Gasteiger partial charge on any atom is 0.255 e. The largest absolute Gasteiger partial charge is 0.492 e. The van der Waals surface area contributed by atoms with Crippen molar-refractivity contribution >= 4 is 18.4 Å². The molecule has 1 saturated carbocycles. The molecule has 190 valence electrons. The second kappa shape index (κ2) is 10.0. The SMILES string of the molecule is C/C=C(\C=N)C(=O)N1CC(COc2cccc(OC3CCC(F)(F)CC3)c2C=O)C2(CN(C)C2)C1. The van der Waals surface area contributed by atoms with Crippen LogP contribution < -0.4 is 9.47 Å². The number of hydrogen-bond acceptors (Lipinski definition) is 6. The summed E-state index contributed by atoms with van der Waals surface area (Å²) in [4.78, 5) is 28.8. The molecule has 1 spiro atoms. The third-order valence-corrected chi connectivity index (χ3v) is 7.52. The number of rotatable bonds is 8. The standard InChI is InChI=1S/C26H33F2N3O4/c1-3-18(11-29)24(33)31-12-19(25(17-31)15-30(2)16-25)14-34-22-5-4-6-23(21(22)13-32)35-20-7-9-26(27,28)10-8-20/h3-6,11,13,19-20,29H,7-10,12,14-17H2,1-2H3/b18-3+,29-11?. The van der Waals surface area contributed by atoms with E-state index >= 15 is 0 Å². The van der Waals surface area contributed by atoms with E-state index in [2.05, 4.69) is 4.90 Å². The Hall–Kier alpha value is -2.81. The van der Waals surface area contributed by atoms with Gasteiger partial charge in [0.1, 0.15) is 11.5 Å². The van der Waals surface area contributed by atoms with Gasteiger partial charge < -0.3 is 24.7 Å². The fraction of sp³-hybridized carbons (Fsp3) is 0.577. The number of likely N-dealkylation sites (tertiary alicyclic amines) is 2. The van der Waals surface area contributed by atoms with E-state index in [1.807, 2.05) is 7.05 Å². The number of nitrogens with zero attached hydrogens (tertiary/aromatic N) is 2. The second-order valence-electron chi connectivity index (χ2n) is 10.1. The number of alkyl halides is 2. The quantitative estimate of drug-likeness (QED) is 0.341. The summed E-state index contributed by atoms with van der Waals surface area (Å²) in [5.41, 5.74) is 0.548. The van der Waals surface area contributed by atoms with Gasteiger partial charge in [0.05, 0.1) is 23.8 Å². The molecule has 0 bridgehead atoms. The molecule has 1 atom stereocenters. The Kier molecular flexibility index (Phi) is 7.26. The van der Waals surface area contributed by atoms with Gasteiger partial charge in [-0.15, -0.1) is 0 Å². The number of allylic oxidation sites excluding steroid dienone is 1. The van der Waals surface area contributed by atoms with Crippen molar-refractivity contribution in [2.45, 2.75) is 44.6 Å². The van der Waals surface area contributed by atoms with Crippen LogP contribution in [0.5, 0.6) is 11.5 Å². The smallest absolute Gasteiger partial charge is 0.255 e. The molecular weight excluding hydrogens is 456 g/mol. The number of amides is 1. The number of halogens is 2. The maximum absolute atomic E-state index is 13.5. The average molecular weight is 490 g/mol. The molecule has 7 nitrogen and oxygen atoms in total. The Morgan fingerprint density at radius 1 is 1.20 bits per heavy atom. The van der Waals surface area contributed by atoms with Crippen molar-refractivity contribution in [2.75, 3.05) is 39.8 Å². The molecule has 1 aromatic rings. The normalized spacial score (nSPS) is 24.2. The van der Waals surface area contributed by atoms with Crippen LogP contribution >= 0.6 is 0 Å². The first-order valence-corrected chi connectivity index (χ1v) is 12.1. The van der Waals surface area contributed by atoms with E-state index in [0.717, 1.165) is 19.3 Å². The molecule has 4 rings (SSSR count). The Morgan fingerprint density at radius 2 is 1.89 bits per heavy atom. The molecule has 1 aromatic carbocycles. The number of ether oxygens (including phenoxy) is 2. The van der Waals surface area contributed by atoms with E-state index in [-0.39, 0.29) is 54.6 Å². The average Bonchev–Trinajstić information content (AvgIpc) is 3.19. The highest BCUT2D eigenvalue weighted by Gasteiger charge is 2.54. The van der Waals surface area contributed by atoms with Gasteiger partial charge in [-0.1, -0.05) is 12.1 Å². The summed E-state index contributed by atoms with van der Waals surface area (Å²) >= 11 is 0. The van der Waals surface area contributed by atoms with Crippen molar-refractivity contribution in [1.29, 1.82) is 5.41 Å². The molecule has 2 aliphatic heterocycles. The Morgan fingerprint density at radius 3 is 2.49 bits per heavy atom. The zero-order chi connectivity index (χ0) is 25.2. The van der Waals surface area contributed by atoms with Crippen LogP contribution in [0.15, 0.2) is 29.8 Å². The lowest BCUT2D eigenvalue weighted by Gasteiger charge is -2.49. The zero-order valence-electron chi connectivity index (χ0n) is 20.3. The van der Waals surface area contributed by atoms with Gasteiger partial charge in [0, 0.05) is 56.6 Å². The lowest BCUT2D eigenvalue weighted by Crippen LogP contribution is -2.59. The maximum atomic E-state index is 13.5. The Balaban J connectivity index is 1.45. The molecule has 0 radical (unpaired) electrons. The predicted molar refractivity (Wildman–Crippen MR) is 128 cm³/mol. The van der Waals surface area contributed by atoms with E-state index in [1.54, 1.807) is 36.1 Å². The molecule has 9 heteroatoms. The molecule has 3 fully saturated rings. The topological polar surface area (TPSA) is 82.9 Å². The van der Waals surface area contributed by atoms with Crippen LogP contribution in [-0.4, -0.2) is 80.1 Å². The monoisotopic (exact) mass is 489 g/mol. The van der Waals surface area contributed by atoms with Crippen molar-refractivity contribution in [1.82, 2.24) is 9.80 Å². The van der Waals surface area contributed by atoms with Gasteiger partial charge >= 0.3 is 0 Å². The lowest BCUT2D eigenvalue weighted by molar-refractivity contribution is -0.126. The van der Waals surface area contributed by atoms with Crippen molar-refractivity contribution in [3.8, 4) is 11.5 Å². The first-order valence-electron chi connectivity index (χ1n) is 12.1. The minimum Gasteiger partial charge on any atom is -0.492 e. The molecule has 35 heavy (non-hydrogen) atoms. The molecule has 2 saturated heterocycles. The number of hydrogen-bond donors (Lipinski definition) is 1. The summed E-state index contributed by atoms with van der Waals surface area (Å²) < 4.78 is 39.0. The summed E-state index contributed by atoms with van der Waals surface area (Å²) in [6, 6.07) is 5.10. The number of benzene rings is 1. The van der Waals surface area contributed by atoms with Gasteiger partial charge in [0.15, 0.2) is 6.29 Å². The third kappa shape index (κ3) is 5.24. The van der Waals surface area contributed by atoms with Crippen LogP contribution in [-0.2, 0) is 4.79 Å². The van der Waals surface area contributed by atoms with Gasteiger partial charge in [0.25, 0.3) is 5.91 Å². The van der Waals surface area contributed by atoms with Crippen molar-refractivity contribution < 1.29 is 27.8 Å². The minimum atomic E-state index is -2.65. The van der Waals surface area contributed by atoms with Gasteiger partial charge in [-0.05, 0) is 38.9 Å². The van der Waals surface area contributed by atoms with Crippen molar-refractivity contribution in [3.63, 3.8) is 0 Å². The highest BCUT2D eigenvalue weighted by Crippen LogP contribution is 2.44. The van der Waals surface area contributed by atoms with Crippen LogP contribution in [0.25, 0.3) is 0 Å². The van der Waals surface area contributed by atoms with E-state index < -0.39 is 5.92 Å². The Labute approximate surface area is 204 Å². The van der Waals surface area contributed by atoms with Gasteiger partial charge in [0.2, 0.25) is 5.92 Å². The van der Waals surface area contributed by atoms with Crippen molar-refractivity contribution in [3.05, 3.63) is 35.4 Å². The third-order valence-electron chi connectivity index (χ3n) is 7.52. The highest BCUT2D eigenvalue weighted by molar-refractivity contribution is 6.11. The number of aldehydes is 1.